The van der Waals surface area contributed by atoms with Crippen molar-refractivity contribution in [2.45, 2.75) is 13.1 Å². The molecule has 1 aliphatic heterocycles. The number of amides is 3. The largest absolute Gasteiger partial charge is 0.497 e. The second-order valence-electron chi connectivity index (χ2n) is 9.94. The zero-order valence-corrected chi connectivity index (χ0v) is 23.2. The molecule has 0 saturated carbocycles. The van der Waals surface area contributed by atoms with Gasteiger partial charge in [-0.3, -0.25) is 4.79 Å². The third-order valence-corrected chi connectivity index (χ3v) is 7.34. The number of hydrogen-bond donors (Lipinski definition) is 1. The number of rotatable bonds is 5. The number of carbonyl (C=O) groups excluding carboxylic acids is 2. The molecule has 43 heavy (non-hydrogen) atoms. The van der Waals surface area contributed by atoms with Crippen molar-refractivity contribution in [3.05, 3.63) is 101 Å². The first-order valence-corrected chi connectivity index (χ1v) is 13.3. The number of nitrogens with one attached hydrogen (secondary N) is 1. The molecule has 2 heterocycles. The van der Waals surface area contributed by atoms with Crippen LogP contribution in [0.4, 0.5) is 32.4 Å². The number of anilines is 1. The summed E-state index contributed by atoms with van der Waals surface area (Å²) in [6, 6.07) is 15.8. The first-order chi connectivity index (χ1) is 20.5. The van der Waals surface area contributed by atoms with E-state index in [-0.39, 0.29) is 49.0 Å². The molecule has 0 unspecified atom stereocenters. The van der Waals surface area contributed by atoms with Gasteiger partial charge in [-0.2, -0.15) is 13.2 Å². The van der Waals surface area contributed by atoms with Crippen LogP contribution in [0.25, 0.3) is 16.9 Å². The van der Waals surface area contributed by atoms with E-state index >= 15 is 0 Å². The summed E-state index contributed by atoms with van der Waals surface area (Å²) in [5, 5.41) is 2.33. The number of alkyl halides is 3. The van der Waals surface area contributed by atoms with Crippen molar-refractivity contribution >= 4 is 17.6 Å². The minimum absolute atomic E-state index is 0.0596. The summed E-state index contributed by atoms with van der Waals surface area (Å²) in [4.78, 5) is 29.4. The Morgan fingerprint density at radius 1 is 0.860 bits per heavy atom. The summed E-state index contributed by atoms with van der Waals surface area (Å²) < 4.78 is 75.5. The highest BCUT2D eigenvalue weighted by molar-refractivity contribution is 5.98. The molecule has 0 aliphatic carbocycles. The number of piperazine rings is 1. The number of halogens is 5. The summed E-state index contributed by atoms with van der Waals surface area (Å²) >= 11 is 0. The van der Waals surface area contributed by atoms with Gasteiger partial charge in [-0.15, -0.1) is 0 Å². The van der Waals surface area contributed by atoms with Crippen LogP contribution in [0.3, 0.4) is 0 Å². The molecule has 7 nitrogen and oxygen atoms in total. The molecule has 4 aromatic rings. The van der Waals surface area contributed by atoms with Crippen molar-refractivity contribution in [3.63, 3.8) is 0 Å². The van der Waals surface area contributed by atoms with Crippen LogP contribution >= 0.6 is 0 Å². The molecule has 3 aromatic carbocycles. The van der Waals surface area contributed by atoms with Crippen molar-refractivity contribution in [1.29, 1.82) is 0 Å². The van der Waals surface area contributed by atoms with E-state index in [1.54, 1.807) is 41.8 Å². The molecule has 1 saturated heterocycles. The number of hydrogen-bond acceptors (Lipinski definition) is 3. The summed E-state index contributed by atoms with van der Waals surface area (Å²) in [7, 11) is 1.53. The molecule has 0 atom stereocenters. The Balaban J connectivity index is 1.38. The second kappa shape index (κ2) is 11.8. The normalized spacial score (nSPS) is 13.7. The van der Waals surface area contributed by atoms with Gasteiger partial charge in [0, 0.05) is 37.9 Å². The molecule has 1 aromatic heterocycles. The standard InChI is InChI=1S/C31H27F5N4O3/c1-19-23(18-28(20-7-10-22(43-2)11-8-20)40(19)27-12-9-21(32)17-25(27)33)29(41)38-13-15-39(16-14-38)30(42)37-26-6-4-3-5-24(26)31(34,35)36/h3-12,17-18H,13-16H2,1-2H3,(H,37,42). The Kier molecular flexibility index (Phi) is 8.12. The van der Waals surface area contributed by atoms with Gasteiger partial charge in [-0.05, 0) is 67.1 Å². The number of nitrogens with zero attached hydrogens (tertiary/aromatic N) is 3. The minimum atomic E-state index is -4.63. The van der Waals surface area contributed by atoms with E-state index in [4.69, 9.17) is 4.74 Å². The topological polar surface area (TPSA) is 66.8 Å². The molecule has 1 N–H and O–H groups in total. The van der Waals surface area contributed by atoms with Crippen LogP contribution in [-0.2, 0) is 6.18 Å². The molecular formula is C31H27F5N4O3. The lowest BCUT2D eigenvalue weighted by molar-refractivity contribution is -0.136. The highest BCUT2D eigenvalue weighted by Gasteiger charge is 2.34. The van der Waals surface area contributed by atoms with Crippen molar-refractivity contribution in [3.8, 4) is 22.7 Å². The van der Waals surface area contributed by atoms with Crippen LogP contribution in [-0.4, -0.2) is 59.6 Å². The molecule has 0 spiro atoms. The smallest absolute Gasteiger partial charge is 0.418 e. The number of methoxy groups -OCH3 is 1. The number of aromatic nitrogens is 1. The minimum Gasteiger partial charge on any atom is -0.497 e. The summed E-state index contributed by atoms with van der Waals surface area (Å²) in [6.07, 6.45) is -4.63. The summed E-state index contributed by atoms with van der Waals surface area (Å²) in [5.74, 6) is -1.31. The van der Waals surface area contributed by atoms with Gasteiger partial charge in [-0.1, -0.05) is 12.1 Å². The zero-order valence-electron chi connectivity index (χ0n) is 23.2. The summed E-state index contributed by atoms with van der Waals surface area (Å²) in [6.45, 7) is 2.08. The van der Waals surface area contributed by atoms with Gasteiger partial charge < -0.3 is 24.4 Å². The maximum atomic E-state index is 15.0. The lowest BCUT2D eigenvalue weighted by atomic mass is 10.1. The lowest BCUT2D eigenvalue weighted by Gasteiger charge is -2.35. The predicted octanol–water partition coefficient (Wildman–Crippen LogP) is 6.75. The molecule has 1 aliphatic rings. The van der Waals surface area contributed by atoms with Gasteiger partial charge in [0.25, 0.3) is 5.91 Å². The maximum Gasteiger partial charge on any atom is 0.418 e. The van der Waals surface area contributed by atoms with Gasteiger partial charge >= 0.3 is 12.2 Å². The SMILES string of the molecule is COc1ccc(-c2cc(C(=O)N3CCN(C(=O)Nc4ccccc4C(F)(F)F)CC3)c(C)n2-c2ccc(F)cc2F)cc1. The monoisotopic (exact) mass is 598 g/mol. The van der Waals surface area contributed by atoms with Crippen molar-refractivity contribution < 1.29 is 36.3 Å². The average molecular weight is 599 g/mol. The number of para-hydroxylation sites is 1. The van der Waals surface area contributed by atoms with Gasteiger partial charge in [0.15, 0.2) is 0 Å². The molecule has 12 heteroatoms. The van der Waals surface area contributed by atoms with Gasteiger partial charge in [-0.25, -0.2) is 13.6 Å². The number of ether oxygens (including phenoxy) is 1. The quantitative estimate of drug-likeness (QED) is 0.259. The number of urea groups is 1. The van der Waals surface area contributed by atoms with Crippen LogP contribution in [0.2, 0.25) is 0 Å². The fraction of sp³-hybridized carbons (Fsp3) is 0.226. The Morgan fingerprint density at radius 2 is 1.51 bits per heavy atom. The molecule has 5 rings (SSSR count). The number of carbonyl (C=O) groups is 2. The van der Waals surface area contributed by atoms with Crippen molar-refractivity contribution in [2.75, 3.05) is 38.6 Å². The third kappa shape index (κ3) is 6.04. The van der Waals surface area contributed by atoms with Crippen molar-refractivity contribution in [2.24, 2.45) is 0 Å². The lowest BCUT2D eigenvalue weighted by Crippen LogP contribution is -2.51. The molecule has 0 radical (unpaired) electrons. The van der Waals surface area contributed by atoms with E-state index in [1.165, 1.54) is 41.2 Å². The molecule has 3 amide bonds. The molecule has 0 bridgehead atoms. The molecule has 1 fully saturated rings. The fourth-order valence-corrected chi connectivity index (χ4v) is 5.09. The Bertz CT molecular complexity index is 1660. The fourth-order valence-electron chi connectivity index (χ4n) is 5.09. The Labute approximate surface area is 244 Å². The van der Waals surface area contributed by atoms with Crippen molar-refractivity contribution in [1.82, 2.24) is 14.4 Å². The third-order valence-electron chi connectivity index (χ3n) is 7.34. The van der Waals surface area contributed by atoms with Crippen LogP contribution in [0.5, 0.6) is 5.75 Å². The molecular weight excluding hydrogens is 571 g/mol. The van der Waals surface area contributed by atoms with E-state index in [0.29, 0.717) is 22.7 Å². The van der Waals surface area contributed by atoms with Crippen LogP contribution < -0.4 is 10.1 Å². The van der Waals surface area contributed by atoms with E-state index in [9.17, 15) is 31.5 Å². The van der Waals surface area contributed by atoms with Crippen LogP contribution in [0, 0.1) is 18.6 Å². The van der Waals surface area contributed by atoms with Gasteiger partial charge in [0.1, 0.15) is 17.4 Å². The Hall–Kier alpha value is -4.87. The first-order valence-electron chi connectivity index (χ1n) is 13.3. The van der Waals surface area contributed by atoms with Gasteiger partial charge in [0.2, 0.25) is 0 Å². The average Bonchev–Trinajstić information content (AvgIpc) is 3.33. The molecule has 224 valence electrons. The van der Waals surface area contributed by atoms with Crippen LogP contribution in [0.15, 0.2) is 72.8 Å². The van der Waals surface area contributed by atoms with Gasteiger partial charge in [0.05, 0.1) is 35.3 Å². The highest BCUT2D eigenvalue weighted by Crippen LogP contribution is 2.35. The van der Waals surface area contributed by atoms with E-state index < -0.39 is 29.4 Å². The number of benzene rings is 3. The maximum absolute atomic E-state index is 15.0. The Morgan fingerprint density at radius 3 is 2.14 bits per heavy atom. The predicted molar refractivity (Wildman–Crippen MR) is 150 cm³/mol. The first kappa shape index (κ1) is 29.6. The summed E-state index contributed by atoms with van der Waals surface area (Å²) in [5.41, 5.74) is 0.612. The van der Waals surface area contributed by atoms with E-state index in [2.05, 4.69) is 5.32 Å². The second-order valence-corrected chi connectivity index (χ2v) is 9.94. The highest BCUT2D eigenvalue weighted by atomic mass is 19.4. The van der Waals surface area contributed by atoms with E-state index in [0.717, 1.165) is 18.2 Å². The zero-order chi connectivity index (χ0) is 30.9. The van der Waals surface area contributed by atoms with Crippen LogP contribution in [0.1, 0.15) is 21.6 Å². The van der Waals surface area contributed by atoms with E-state index in [1.807, 2.05) is 0 Å².